The summed E-state index contributed by atoms with van der Waals surface area (Å²) < 4.78 is 11.3. The molecule has 0 fully saturated rings. The Balaban J connectivity index is 1.63. The molecule has 6 heteroatoms. The summed E-state index contributed by atoms with van der Waals surface area (Å²) in [5.41, 5.74) is 0.894. The maximum Gasteiger partial charge on any atom is 0.325 e. The zero-order valence-corrected chi connectivity index (χ0v) is 13.9. The van der Waals surface area contributed by atoms with Gasteiger partial charge in [0.1, 0.15) is 18.9 Å². The van der Waals surface area contributed by atoms with E-state index in [0.717, 1.165) is 10.0 Å². The van der Waals surface area contributed by atoms with Crippen LogP contribution in [0.3, 0.4) is 0 Å². The fraction of sp³-hybridized carbons (Fsp3) is 0.176. The van der Waals surface area contributed by atoms with E-state index in [1.165, 1.54) is 0 Å². The number of benzene rings is 2. The van der Waals surface area contributed by atoms with Crippen LogP contribution in [0.5, 0.6) is 5.75 Å². The van der Waals surface area contributed by atoms with E-state index in [2.05, 4.69) is 21.2 Å². The fourth-order valence-corrected chi connectivity index (χ4v) is 1.95. The molecule has 0 unspecified atom stereocenters. The lowest BCUT2D eigenvalue weighted by molar-refractivity contribution is -0.145. The fourth-order valence-electron chi connectivity index (χ4n) is 1.69. The topological polar surface area (TPSA) is 64.6 Å². The number of carbonyl (C=O) groups is 2. The minimum atomic E-state index is -0.495. The van der Waals surface area contributed by atoms with Crippen LogP contribution < -0.4 is 10.1 Å². The molecular formula is C17H16BrNO4. The highest BCUT2D eigenvalue weighted by atomic mass is 79.9. The Morgan fingerprint density at radius 3 is 2.39 bits per heavy atom. The average molecular weight is 378 g/mol. The third kappa shape index (κ3) is 6.52. The van der Waals surface area contributed by atoms with Crippen LogP contribution in [-0.2, 0) is 20.9 Å². The molecule has 0 atom stereocenters. The van der Waals surface area contributed by atoms with E-state index < -0.39 is 5.97 Å². The number of rotatable bonds is 7. The standard InChI is InChI=1S/C17H16BrNO4/c18-14-6-8-15(9-7-14)22-12-16(20)19-10-17(21)23-11-13-4-2-1-3-5-13/h1-9H,10-12H2,(H,19,20). The minimum absolute atomic E-state index is 0.159. The predicted molar refractivity (Wildman–Crippen MR) is 88.9 cm³/mol. The largest absolute Gasteiger partial charge is 0.484 e. The van der Waals surface area contributed by atoms with Crippen molar-refractivity contribution in [2.75, 3.05) is 13.2 Å². The Bertz CT molecular complexity index is 643. The molecule has 0 radical (unpaired) electrons. The van der Waals surface area contributed by atoms with Crippen molar-refractivity contribution >= 4 is 27.8 Å². The van der Waals surface area contributed by atoms with Gasteiger partial charge < -0.3 is 14.8 Å². The SMILES string of the molecule is O=C(COc1ccc(Br)cc1)NCC(=O)OCc1ccccc1. The number of esters is 1. The third-order valence-electron chi connectivity index (χ3n) is 2.86. The molecule has 0 spiro atoms. The summed E-state index contributed by atoms with van der Waals surface area (Å²) >= 11 is 3.31. The van der Waals surface area contributed by atoms with Gasteiger partial charge in [0, 0.05) is 4.47 Å². The molecule has 2 aromatic carbocycles. The molecule has 0 saturated carbocycles. The molecule has 5 nitrogen and oxygen atoms in total. The van der Waals surface area contributed by atoms with Gasteiger partial charge in [0.25, 0.3) is 5.91 Å². The van der Waals surface area contributed by atoms with E-state index in [1.54, 1.807) is 12.1 Å². The third-order valence-corrected chi connectivity index (χ3v) is 3.38. The molecule has 0 aliphatic heterocycles. The molecule has 2 rings (SSSR count). The van der Waals surface area contributed by atoms with Gasteiger partial charge in [0.05, 0.1) is 0 Å². The van der Waals surface area contributed by atoms with Crippen LogP contribution in [0.4, 0.5) is 0 Å². The summed E-state index contributed by atoms with van der Waals surface area (Å²) in [5, 5.41) is 2.45. The second-order valence-corrected chi connectivity index (χ2v) is 5.58. The summed E-state index contributed by atoms with van der Waals surface area (Å²) in [6, 6.07) is 16.4. The molecule has 2 aromatic rings. The second-order valence-electron chi connectivity index (χ2n) is 4.67. The van der Waals surface area contributed by atoms with Crippen LogP contribution in [0.1, 0.15) is 5.56 Å². The smallest absolute Gasteiger partial charge is 0.325 e. The van der Waals surface area contributed by atoms with Gasteiger partial charge in [-0.25, -0.2) is 0 Å². The molecule has 0 heterocycles. The number of amides is 1. The van der Waals surface area contributed by atoms with Gasteiger partial charge >= 0.3 is 5.97 Å². The van der Waals surface area contributed by atoms with Gasteiger partial charge in [-0.3, -0.25) is 9.59 Å². The first-order valence-electron chi connectivity index (χ1n) is 6.98. The first-order chi connectivity index (χ1) is 11.1. The molecule has 0 saturated heterocycles. The summed E-state index contributed by atoms with van der Waals surface area (Å²) in [6.07, 6.45) is 0. The van der Waals surface area contributed by atoms with Crippen LogP contribution in [0.25, 0.3) is 0 Å². The Morgan fingerprint density at radius 1 is 1.00 bits per heavy atom. The molecule has 1 amide bonds. The summed E-state index contributed by atoms with van der Waals surface area (Å²) in [7, 11) is 0. The number of halogens is 1. The number of hydrogen-bond acceptors (Lipinski definition) is 4. The van der Waals surface area contributed by atoms with Crippen molar-refractivity contribution in [2.24, 2.45) is 0 Å². The molecule has 23 heavy (non-hydrogen) atoms. The molecule has 0 aromatic heterocycles. The van der Waals surface area contributed by atoms with E-state index in [-0.39, 0.29) is 25.7 Å². The zero-order chi connectivity index (χ0) is 16.5. The summed E-state index contributed by atoms with van der Waals surface area (Å²) in [5.74, 6) is -0.301. The highest BCUT2D eigenvalue weighted by molar-refractivity contribution is 9.10. The van der Waals surface area contributed by atoms with Crippen molar-refractivity contribution in [3.63, 3.8) is 0 Å². The van der Waals surface area contributed by atoms with E-state index in [4.69, 9.17) is 9.47 Å². The molecule has 0 aliphatic carbocycles. The molecular weight excluding hydrogens is 362 g/mol. The summed E-state index contributed by atoms with van der Waals surface area (Å²) in [6.45, 7) is -0.159. The van der Waals surface area contributed by atoms with Crippen LogP contribution in [-0.4, -0.2) is 25.0 Å². The quantitative estimate of drug-likeness (QED) is 0.753. The van der Waals surface area contributed by atoms with E-state index in [9.17, 15) is 9.59 Å². The monoisotopic (exact) mass is 377 g/mol. The Labute approximate surface area is 142 Å². The molecule has 1 N–H and O–H groups in total. The normalized spacial score (nSPS) is 9.96. The van der Waals surface area contributed by atoms with Crippen LogP contribution >= 0.6 is 15.9 Å². The van der Waals surface area contributed by atoms with Gasteiger partial charge in [-0.2, -0.15) is 0 Å². The first kappa shape index (κ1) is 17.0. The lowest BCUT2D eigenvalue weighted by Gasteiger charge is -2.08. The van der Waals surface area contributed by atoms with E-state index >= 15 is 0 Å². The highest BCUT2D eigenvalue weighted by Crippen LogP contribution is 2.15. The van der Waals surface area contributed by atoms with Crippen molar-refractivity contribution in [1.82, 2.24) is 5.32 Å². The lowest BCUT2D eigenvalue weighted by atomic mass is 10.2. The van der Waals surface area contributed by atoms with Gasteiger partial charge in [-0.1, -0.05) is 46.3 Å². The average Bonchev–Trinajstić information content (AvgIpc) is 2.58. The maximum absolute atomic E-state index is 11.6. The second kappa shape index (κ2) is 8.95. The Kier molecular flexibility index (Phi) is 6.62. The van der Waals surface area contributed by atoms with Gasteiger partial charge in [-0.05, 0) is 29.8 Å². The number of hydrogen-bond donors (Lipinski definition) is 1. The van der Waals surface area contributed by atoms with Crippen LogP contribution in [0, 0.1) is 0 Å². The number of carbonyl (C=O) groups excluding carboxylic acids is 2. The Hall–Kier alpha value is -2.34. The van der Waals surface area contributed by atoms with Crippen molar-refractivity contribution in [3.05, 3.63) is 64.6 Å². The van der Waals surface area contributed by atoms with Crippen LogP contribution in [0.15, 0.2) is 59.1 Å². The van der Waals surface area contributed by atoms with E-state index in [0.29, 0.717) is 5.75 Å². The van der Waals surface area contributed by atoms with Gasteiger partial charge in [0.15, 0.2) is 6.61 Å². The number of nitrogens with one attached hydrogen (secondary N) is 1. The molecule has 120 valence electrons. The predicted octanol–water partition coefficient (Wildman–Crippen LogP) is 2.69. The summed E-state index contributed by atoms with van der Waals surface area (Å²) in [4.78, 5) is 23.2. The van der Waals surface area contributed by atoms with Crippen molar-refractivity contribution < 1.29 is 19.1 Å². The minimum Gasteiger partial charge on any atom is -0.484 e. The molecule has 0 aliphatic rings. The lowest BCUT2D eigenvalue weighted by Crippen LogP contribution is -2.34. The maximum atomic E-state index is 11.6. The highest BCUT2D eigenvalue weighted by Gasteiger charge is 2.07. The van der Waals surface area contributed by atoms with Crippen LogP contribution in [0.2, 0.25) is 0 Å². The van der Waals surface area contributed by atoms with E-state index in [1.807, 2.05) is 42.5 Å². The first-order valence-corrected chi connectivity index (χ1v) is 7.77. The molecule has 0 bridgehead atoms. The van der Waals surface area contributed by atoms with Gasteiger partial charge in [-0.15, -0.1) is 0 Å². The Morgan fingerprint density at radius 2 is 1.70 bits per heavy atom. The number of ether oxygens (including phenoxy) is 2. The van der Waals surface area contributed by atoms with Crippen molar-refractivity contribution in [2.45, 2.75) is 6.61 Å². The van der Waals surface area contributed by atoms with Crippen molar-refractivity contribution in [3.8, 4) is 5.75 Å². The van der Waals surface area contributed by atoms with Gasteiger partial charge in [0.2, 0.25) is 0 Å². The zero-order valence-electron chi connectivity index (χ0n) is 12.3. The van der Waals surface area contributed by atoms with Crippen molar-refractivity contribution in [1.29, 1.82) is 0 Å².